The molecular weight excluding hydrogens is 506 g/mol. The number of benzene rings is 1. The van der Waals surface area contributed by atoms with Crippen LogP contribution in [0.2, 0.25) is 0 Å². The molecule has 3 aromatic heterocycles. The van der Waals surface area contributed by atoms with Gasteiger partial charge in [0.25, 0.3) is 5.56 Å². The number of carbonyl (C=O) groups excluding carboxylic acids is 1. The molecule has 0 saturated carbocycles. The van der Waals surface area contributed by atoms with Crippen molar-refractivity contribution >= 4 is 28.5 Å². The lowest BCUT2D eigenvalue weighted by molar-refractivity contribution is -0.136. The highest BCUT2D eigenvalue weighted by Crippen LogP contribution is 2.31. The number of rotatable bonds is 8. The van der Waals surface area contributed by atoms with Crippen molar-refractivity contribution in [2.24, 2.45) is 5.92 Å². The monoisotopic (exact) mass is 539 g/mol. The summed E-state index contributed by atoms with van der Waals surface area (Å²) in [5, 5.41) is 14.1. The predicted molar refractivity (Wildman–Crippen MR) is 153 cm³/mol. The number of fused-ring (bicyclic) bond motifs is 4. The molecular formula is C30H33N7O3. The number of nitrogens with one attached hydrogen (secondary N) is 1. The highest BCUT2D eigenvalue weighted by atomic mass is 16.3. The van der Waals surface area contributed by atoms with Gasteiger partial charge in [-0.3, -0.25) is 14.5 Å². The van der Waals surface area contributed by atoms with E-state index < -0.39 is 5.60 Å². The molecule has 7 rings (SSSR count). The Kier molecular flexibility index (Phi) is 6.59. The summed E-state index contributed by atoms with van der Waals surface area (Å²) in [5.74, 6) is 1.35. The molecule has 3 fully saturated rings. The minimum absolute atomic E-state index is 0.0541. The fraction of sp³-hybridized carbons (Fsp3) is 0.367. The van der Waals surface area contributed by atoms with Crippen LogP contribution in [0.25, 0.3) is 16.9 Å². The first-order valence-corrected chi connectivity index (χ1v) is 13.7. The van der Waals surface area contributed by atoms with E-state index in [-0.39, 0.29) is 24.1 Å². The van der Waals surface area contributed by atoms with Crippen LogP contribution in [0.1, 0.15) is 37.9 Å². The van der Waals surface area contributed by atoms with Crippen LogP contribution in [0.3, 0.4) is 0 Å². The Morgan fingerprint density at radius 2 is 1.90 bits per heavy atom. The van der Waals surface area contributed by atoms with Gasteiger partial charge in [0.2, 0.25) is 5.95 Å². The SMILES string of the molecule is C=CCn1c(=O)c2cnc(Nc3cccc(CC4C(=O)C5CCN4CC5)c3)nc2n1-c1cccc(C(C)(C)O)n1. The van der Waals surface area contributed by atoms with Gasteiger partial charge in [-0.25, -0.2) is 19.3 Å². The van der Waals surface area contributed by atoms with E-state index >= 15 is 0 Å². The van der Waals surface area contributed by atoms with Crippen molar-refractivity contribution in [1.82, 2.24) is 29.2 Å². The Hall–Kier alpha value is -4.15. The van der Waals surface area contributed by atoms with E-state index in [4.69, 9.17) is 4.98 Å². The van der Waals surface area contributed by atoms with Crippen molar-refractivity contribution in [2.75, 3.05) is 18.4 Å². The first-order chi connectivity index (χ1) is 19.2. The third-order valence-corrected chi connectivity index (χ3v) is 7.87. The summed E-state index contributed by atoms with van der Waals surface area (Å²) in [6.45, 7) is 9.34. The summed E-state index contributed by atoms with van der Waals surface area (Å²) >= 11 is 0. The van der Waals surface area contributed by atoms with Crippen LogP contribution in [0, 0.1) is 5.92 Å². The highest BCUT2D eigenvalue weighted by Gasteiger charge is 2.40. The fourth-order valence-corrected chi connectivity index (χ4v) is 5.80. The van der Waals surface area contributed by atoms with Crippen molar-refractivity contribution in [3.63, 3.8) is 0 Å². The van der Waals surface area contributed by atoms with Gasteiger partial charge in [0.15, 0.2) is 17.2 Å². The minimum atomic E-state index is -1.16. The number of pyridine rings is 1. The van der Waals surface area contributed by atoms with Crippen molar-refractivity contribution in [2.45, 2.75) is 51.3 Å². The first kappa shape index (κ1) is 26.1. The molecule has 10 nitrogen and oxygen atoms in total. The standard InChI is InChI=1S/C30H33N7O3/c1-4-13-36-28(39)22-18-31-29(34-27(22)37(36)25-10-6-9-24(33-25)30(2,3)40)32-21-8-5-7-19(16-21)17-23-26(38)20-11-14-35(23)15-12-20/h4-10,16,18,20,23,40H,1,11-15,17H2,2-3H3,(H,31,32,34). The Morgan fingerprint density at radius 1 is 1.12 bits per heavy atom. The summed E-state index contributed by atoms with van der Waals surface area (Å²) in [4.78, 5) is 42.2. The van der Waals surface area contributed by atoms with Crippen LogP contribution in [0.15, 0.2) is 66.1 Å². The second kappa shape index (κ2) is 10.1. The van der Waals surface area contributed by atoms with Gasteiger partial charge in [-0.05, 0) is 76.0 Å². The third kappa shape index (κ3) is 4.73. The molecule has 0 amide bonds. The lowest BCUT2D eigenvalue weighted by Crippen LogP contribution is -2.56. The van der Waals surface area contributed by atoms with E-state index in [1.54, 1.807) is 42.8 Å². The molecule has 4 aromatic rings. The number of aliphatic hydroxyl groups is 1. The van der Waals surface area contributed by atoms with Crippen LogP contribution in [0.4, 0.5) is 11.6 Å². The molecule has 10 heteroatoms. The maximum Gasteiger partial charge on any atom is 0.278 e. The van der Waals surface area contributed by atoms with Crippen LogP contribution in [0.5, 0.6) is 0 Å². The van der Waals surface area contributed by atoms with E-state index in [2.05, 4.69) is 26.8 Å². The van der Waals surface area contributed by atoms with E-state index in [0.717, 1.165) is 37.2 Å². The number of anilines is 2. The number of aromatic nitrogens is 5. The number of ketones is 1. The van der Waals surface area contributed by atoms with Gasteiger partial charge in [0.1, 0.15) is 11.0 Å². The molecule has 0 aliphatic carbocycles. The van der Waals surface area contributed by atoms with E-state index in [0.29, 0.717) is 40.7 Å². The zero-order chi connectivity index (χ0) is 28.0. The fourth-order valence-electron chi connectivity index (χ4n) is 5.80. The quantitative estimate of drug-likeness (QED) is 0.328. The van der Waals surface area contributed by atoms with Crippen molar-refractivity contribution < 1.29 is 9.90 Å². The van der Waals surface area contributed by atoms with Gasteiger partial charge in [0, 0.05) is 17.8 Å². The molecule has 206 valence electrons. The molecule has 2 bridgehead atoms. The molecule has 1 aromatic carbocycles. The topological polar surface area (TPSA) is 118 Å². The van der Waals surface area contributed by atoms with Crippen LogP contribution in [-0.4, -0.2) is 59.2 Å². The molecule has 0 radical (unpaired) electrons. The molecule has 3 saturated heterocycles. The van der Waals surface area contributed by atoms with E-state index in [1.807, 2.05) is 24.3 Å². The molecule has 40 heavy (non-hydrogen) atoms. The molecule has 0 spiro atoms. The Balaban J connectivity index is 1.34. The van der Waals surface area contributed by atoms with Gasteiger partial charge < -0.3 is 10.4 Å². The number of allylic oxidation sites excluding steroid dienone is 1. The molecule has 3 aliphatic rings. The third-order valence-electron chi connectivity index (χ3n) is 7.87. The first-order valence-electron chi connectivity index (χ1n) is 13.7. The number of nitrogens with zero attached hydrogens (tertiary/aromatic N) is 6. The lowest BCUT2D eigenvalue weighted by Gasteiger charge is -2.44. The molecule has 1 unspecified atom stereocenters. The van der Waals surface area contributed by atoms with Crippen LogP contribution < -0.4 is 10.9 Å². The normalized spacial score (nSPS) is 20.7. The second-order valence-corrected chi connectivity index (χ2v) is 11.1. The van der Waals surface area contributed by atoms with Crippen LogP contribution in [-0.2, 0) is 23.4 Å². The van der Waals surface area contributed by atoms with Gasteiger partial charge in [-0.2, -0.15) is 4.98 Å². The largest absolute Gasteiger partial charge is 0.384 e. The molecule has 6 heterocycles. The van der Waals surface area contributed by atoms with Crippen molar-refractivity contribution in [3.8, 4) is 5.82 Å². The van der Waals surface area contributed by atoms with Gasteiger partial charge in [-0.15, -0.1) is 6.58 Å². The average Bonchev–Trinajstić information content (AvgIpc) is 3.21. The Morgan fingerprint density at radius 3 is 2.62 bits per heavy atom. The molecule has 3 aliphatic heterocycles. The zero-order valence-corrected chi connectivity index (χ0v) is 22.7. The number of piperidine rings is 3. The maximum atomic E-state index is 13.3. The zero-order valence-electron chi connectivity index (χ0n) is 22.7. The van der Waals surface area contributed by atoms with E-state index in [9.17, 15) is 14.7 Å². The number of hydrogen-bond acceptors (Lipinski definition) is 8. The summed E-state index contributed by atoms with van der Waals surface area (Å²) in [5.41, 5.74) is 1.29. The smallest absolute Gasteiger partial charge is 0.278 e. The second-order valence-electron chi connectivity index (χ2n) is 11.1. The van der Waals surface area contributed by atoms with Gasteiger partial charge >= 0.3 is 0 Å². The summed E-state index contributed by atoms with van der Waals surface area (Å²) in [6.07, 6.45) is 5.78. The number of carbonyl (C=O) groups is 1. The summed E-state index contributed by atoms with van der Waals surface area (Å²) in [7, 11) is 0. The van der Waals surface area contributed by atoms with E-state index in [1.165, 1.54) is 10.9 Å². The van der Waals surface area contributed by atoms with Crippen molar-refractivity contribution in [3.05, 3.63) is 82.9 Å². The average molecular weight is 540 g/mol. The summed E-state index contributed by atoms with van der Waals surface area (Å²) in [6, 6.07) is 13.2. The molecule has 1 atom stereocenters. The lowest BCUT2D eigenvalue weighted by atomic mass is 9.80. The van der Waals surface area contributed by atoms with Gasteiger partial charge in [0.05, 0.1) is 18.3 Å². The summed E-state index contributed by atoms with van der Waals surface area (Å²) < 4.78 is 3.13. The predicted octanol–water partition coefficient (Wildman–Crippen LogP) is 3.34. The molecule has 2 N–H and O–H groups in total. The Bertz CT molecular complexity index is 1660. The highest BCUT2D eigenvalue weighted by molar-refractivity contribution is 5.88. The number of hydrogen-bond donors (Lipinski definition) is 2. The van der Waals surface area contributed by atoms with Crippen molar-refractivity contribution in [1.29, 1.82) is 0 Å². The number of Topliss-reactive ketones (excluding diaryl/α,β-unsaturated/α-hetero) is 1. The van der Waals surface area contributed by atoms with Gasteiger partial charge in [-0.1, -0.05) is 24.3 Å². The minimum Gasteiger partial charge on any atom is -0.384 e. The maximum absolute atomic E-state index is 13.3. The van der Waals surface area contributed by atoms with Crippen LogP contribution >= 0.6 is 0 Å². The Labute approximate surface area is 232 Å².